The lowest BCUT2D eigenvalue weighted by atomic mass is 10.1. The van der Waals surface area contributed by atoms with Crippen molar-refractivity contribution >= 4 is 23.1 Å². The van der Waals surface area contributed by atoms with E-state index in [-0.39, 0.29) is 17.5 Å². The third-order valence-electron chi connectivity index (χ3n) is 3.33. The molecule has 6 nitrogen and oxygen atoms in total. The first-order chi connectivity index (χ1) is 10.5. The van der Waals surface area contributed by atoms with E-state index in [1.54, 1.807) is 6.07 Å². The Morgan fingerprint density at radius 3 is 2.68 bits per heavy atom. The van der Waals surface area contributed by atoms with Crippen molar-refractivity contribution in [3.63, 3.8) is 0 Å². The van der Waals surface area contributed by atoms with Crippen molar-refractivity contribution in [3.8, 4) is 0 Å². The molecule has 0 saturated carbocycles. The molecule has 0 amide bonds. The Morgan fingerprint density at radius 1 is 1.32 bits per heavy atom. The molecule has 0 bridgehead atoms. The smallest absolute Gasteiger partial charge is 0.311 e. The van der Waals surface area contributed by atoms with E-state index in [4.69, 9.17) is 11.6 Å². The monoisotopic (exact) mass is 320 g/mol. The van der Waals surface area contributed by atoms with Gasteiger partial charge in [-0.05, 0) is 31.8 Å². The van der Waals surface area contributed by atoms with Crippen molar-refractivity contribution in [1.82, 2.24) is 9.88 Å². The van der Waals surface area contributed by atoms with E-state index in [0.29, 0.717) is 11.6 Å². The number of benzene rings is 1. The van der Waals surface area contributed by atoms with E-state index in [1.807, 2.05) is 43.3 Å². The lowest BCUT2D eigenvalue weighted by molar-refractivity contribution is -0.384. The highest BCUT2D eigenvalue weighted by molar-refractivity contribution is 6.31. The second-order valence-corrected chi connectivity index (χ2v) is 5.42. The number of nitrogens with one attached hydrogen (secondary N) is 1. The minimum absolute atomic E-state index is 0.0321. The van der Waals surface area contributed by atoms with Crippen LogP contribution in [0.5, 0.6) is 0 Å². The molecule has 0 spiro atoms. The van der Waals surface area contributed by atoms with Crippen LogP contribution in [0.25, 0.3) is 0 Å². The fourth-order valence-corrected chi connectivity index (χ4v) is 2.45. The second-order valence-electron chi connectivity index (χ2n) is 5.01. The van der Waals surface area contributed by atoms with Crippen LogP contribution in [0.15, 0.2) is 42.6 Å². The summed E-state index contributed by atoms with van der Waals surface area (Å²) >= 11 is 6.25. The number of pyridine rings is 1. The third kappa shape index (κ3) is 3.72. The highest BCUT2D eigenvalue weighted by Crippen LogP contribution is 2.27. The fourth-order valence-electron chi connectivity index (χ4n) is 2.19. The summed E-state index contributed by atoms with van der Waals surface area (Å²) in [7, 11) is 3.87. The van der Waals surface area contributed by atoms with Crippen molar-refractivity contribution in [3.05, 3.63) is 63.3 Å². The summed E-state index contributed by atoms with van der Waals surface area (Å²) in [5.41, 5.74) is 0.916. The Kier molecular flexibility index (Phi) is 5.30. The van der Waals surface area contributed by atoms with Crippen LogP contribution in [-0.2, 0) is 0 Å². The SMILES string of the molecule is CN(C)[C@@H](CNc1ncccc1[N+](=O)[O-])c1ccccc1Cl. The van der Waals surface area contributed by atoms with Gasteiger partial charge in [0.05, 0.1) is 11.0 Å². The average Bonchev–Trinajstić information content (AvgIpc) is 2.49. The number of hydrogen-bond donors (Lipinski definition) is 1. The molecule has 1 atom stereocenters. The number of anilines is 1. The predicted molar refractivity (Wildman–Crippen MR) is 87.3 cm³/mol. The lowest BCUT2D eigenvalue weighted by Gasteiger charge is -2.26. The maximum Gasteiger partial charge on any atom is 0.311 e. The number of hydrogen-bond acceptors (Lipinski definition) is 5. The minimum Gasteiger partial charge on any atom is -0.362 e. The van der Waals surface area contributed by atoms with Crippen LogP contribution in [0, 0.1) is 10.1 Å². The lowest BCUT2D eigenvalue weighted by Crippen LogP contribution is -2.27. The van der Waals surface area contributed by atoms with E-state index in [9.17, 15) is 10.1 Å². The molecule has 0 fully saturated rings. The Labute approximate surface area is 133 Å². The second kappa shape index (κ2) is 7.20. The first kappa shape index (κ1) is 16.2. The van der Waals surface area contributed by atoms with Gasteiger partial charge in [-0.2, -0.15) is 0 Å². The molecule has 0 aliphatic carbocycles. The van der Waals surface area contributed by atoms with Crippen LogP contribution in [-0.4, -0.2) is 35.4 Å². The van der Waals surface area contributed by atoms with Crippen molar-refractivity contribution in [2.75, 3.05) is 26.0 Å². The zero-order chi connectivity index (χ0) is 16.1. The molecule has 1 N–H and O–H groups in total. The summed E-state index contributed by atoms with van der Waals surface area (Å²) in [6.45, 7) is 0.453. The first-order valence-corrected chi connectivity index (χ1v) is 7.12. The molecule has 116 valence electrons. The van der Waals surface area contributed by atoms with Crippen molar-refractivity contribution < 1.29 is 4.92 Å². The van der Waals surface area contributed by atoms with Gasteiger partial charge in [-0.1, -0.05) is 29.8 Å². The number of aromatic nitrogens is 1. The molecule has 2 rings (SSSR count). The van der Waals surface area contributed by atoms with Crippen LogP contribution in [0.1, 0.15) is 11.6 Å². The van der Waals surface area contributed by atoms with Gasteiger partial charge >= 0.3 is 5.69 Å². The molecule has 0 aliphatic rings. The highest BCUT2D eigenvalue weighted by atomic mass is 35.5. The van der Waals surface area contributed by atoms with Gasteiger partial charge in [-0.25, -0.2) is 4.98 Å². The van der Waals surface area contributed by atoms with Crippen LogP contribution in [0.3, 0.4) is 0 Å². The molecule has 1 aromatic heterocycles. The zero-order valence-corrected chi connectivity index (χ0v) is 13.1. The van der Waals surface area contributed by atoms with Crippen molar-refractivity contribution in [1.29, 1.82) is 0 Å². The molecule has 0 radical (unpaired) electrons. The molecule has 0 unspecified atom stereocenters. The van der Waals surface area contributed by atoms with Gasteiger partial charge in [0.1, 0.15) is 0 Å². The normalized spacial score (nSPS) is 12.2. The maximum atomic E-state index is 11.0. The standard InChI is InChI=1S/C15H17ClN4O2/c1-19(2)14(11-6-3-4-7-12(11)16)10-18-15-13(20(21)22)8-5-9-17-15/h3-9,14H,10H2,1-2H3,(H,17,18)/t14-/m0/s1. The number of halogens is 1. The summed E-state index contributed by atoms with van der Waals surface area (Å²) in [5.74, 6) is 0.256. The van der Waals surface area contributed by atoms with Crippen LogP contribution >= 0.6 is 11.6 Å². The van der Waals surface area contributed by atoms with Crippen LogP contribution < -0.4 is 5.32 Å². The van der Waals surface area contributed by atoms with E-state index in [1.165, 1.54) is 12.3 Å². The molecule has 22 heavy (non-hydrogen) atoms. The molecule has 1 heterocycles. The van der Waals surface area contributed by atoms with Gasteiger partial charge in [0, 0.05) is 23.8 Å². The van der Waals surface area contributed by atoms with Crippen LogP contribution in [0.2, 0.25) is 5.02 Å². The summed E-state index contributed by atoms with van der Waals surface area (Å²) in [4.78, 5) is 16.6. The number of likely N-dealkylation sites (N-methyl/N-ethyl adjacent to an activating group) is 1. The van der Waals surface area contributed by atoms with E-state index < -0.39 is 4.92 Å². The maximum absolute atomic E-state index is 11.0. The van der Waals surface area contributed by atoms with E-state index in [2.05, 4.69) is 10.3 Å². The minimum atomic E-state index is -0.449. The van der Waals surface area contributed by atoms with Gasteiger partial charge in [-0.15, -0.1) is 0 Å². The summed E-state index contributed by atoms with van der Waals surface area (Å²) in [6.07, 6.45) is 1.52. The van der Waals surface area contributed by atoms with Gasteiger partial charge in [0.25, 0.3) is 0 Å². The Balaban J connectivity index is 2.21. The van der Waals surface area contributed by atoms with Crippen molar-refractivity contribution in [2.24, 2.45) is 0 Å². The quantitative estimate of drug-likeness (QED) is 0.652. The van der Waals surface area contributed by atoms with E-state index in [0.717, 1.165) is 5.56 Å². The summed E-state index contributed by atoms with van der Waals surface area (Å²) in [6, 6.07) is 10.5. The van der Waals surface area contributed by atoms with Crippen molar-refractivity contribution in [2.45, 2.75) is 6.04 Å². The molecular formula is C15H17ClN4O2. The molecular weight excluding hydrogens is 304 g/mol. The summed E-state index contributed by atoms with van der Waals surface area (Å²) < 4.78 is 0. The predicted octanol–water partition coefficient (Wildman–Crippen LogP) is 3.36. The molecule has 2 aromatic rings. The Morgan fingerprint density at radius 2 is 2.05 bits per heavy atom. The number of nitrogens with zero attached hydrogens (tertiary/aromatic N) is 3. The van der Waals surface area contributed by atoms with E-state index >= 15 is 0 Å². The molecule has 0 saturated heterocycles. The average molecular weight is 321 g/mol. The zero-order valence-electron chi connectivity index (χ0n) is 12.4. The van der Waals surface area contributed by atoms with Gasteiger partial charge in [0.15, 0.2) is 0 Å². The van der Waals surface area contributed by atoms with Gasteiger partial charge in [-0.3, -0.25) is 10.1 Å². The molecule has 1 aromatic carbocycles. The highest BCUT2D eigenvalue weighted by Gasteiger charge is 2.19. The fraction of sp³-hybridized carbons (Fsp3) is 0.267. The Hall–Kier alpha value is -2.18. The number of nitro groups is 1. The topological polar surface area (TPSA) is 71.3 Å². The largest absolute Gasteiger partial charge is 0.362 e. The third-order valence-corrected chi connectivity index (χ3v) is 3.68. The van der Waals surface area contributed by atoms with Crippen LogP contribution in [0.4, 0.5) is 11.5 Å². The Bertz CT molecular complexity index is 663. The number of rotatable bonds is 6. The molecule has 7 heteroatoms. The molecule has 0 aliphatic heterocycles. The first-order valence-electron chi connectivity index (χ1n) is 6.75. The summed E-state index contributed by atoms with van der Waals surface area (Å²) in [5, 5.41) is 14.7. The van der Waals surface area contributed by atoms with Gasteiger partial charge < -0.3 is 10.2 Å². The van der Waals surface area contributed by atoms with Gasteiger partial charge in [0.2, 0.25) is 5.82 Å².